The first-order valence-electron chi connectivity index (χ1n) is 3.79. The minimum absolute atomic E-state index is 0.0174. The molecule has 0 aliphatic heterocycles. The zero-order valence-electron chi connectivity index (χ0n) is 7.99. The van der Waals surface area contributed by atoms with Crippen LogP contribution < -0.4 is 22.9 Å². The van der Waals surface area contributed by atoms with E-state index in [1.54, 1.807) is 0 Å². The van der Waals surface area contributed by atoms with Gasteiger partial charge in [0.15, 0.2) is 0 Å². The van der Waals surface area contributed by atoms with Crippen molar-refractivity contribution in [3.05, 3.63) is 6.54 Å². The molecule has 4 nitrogen and oxygen atoms in total. The van der Waals surface area contributed by atoms with Gasteiger partial charge in [-0.3, -0.25) is 4.39 Å². The number of rotatable bonds is 4. The fraction of sp³-hybridized carbons (Fsp3) is 0.833. The summed E-state index contributed by atoms with van der Waals surface area (Å²) < 4.78 is 23.2. The SMILES string of the molecule is NCC(F)CN.N[CH-]C(F)CN.[Cl][Pt][Cl]. The summed E-state index contributed by atoms with van der Waals surface area (Å²) in [6.07, 6.45) is -2.14. The Kier molecular flexibility index (Phi) is 28.9. The van der Waals surface area contributed by atoms with Gasteiger partial charge in [0.05, 0.1) is 0 Å². The molecule has 0 aromatic carbocycles. The van der Waals surface area contributed by atoms with E-state index < -0.39 is 28.8 Å². The van der Waals surface area contributed by atoms with E-state index >= 15 is 0 Å². The monoisotopic (exact) mass is 448 g/mol. The van der Waals surface area contributed by atoms with Crippen molar-refractivity contribution in [3.63, 3.8) is 0 Å². The van der Waals surface area contributed by atoms with Gasteiger partial charge < -0.3 is 22.9 Å². The number of alkyl halides is 2. The summed E-state index contributed by atoms with van der Waals surface area (Å²) in [6, 6.07) is 0. The van der Waals surface area contributed by atoms with Crippen LogP contribution in [-0.4, -0.2) is 32.0 Å². The van der Waals surface area contributed by atoms with Crippen molar-refractivity contribution in [2.24, 2.45) is 22.9 Å². The molecule has 0 spiro atoms. The van der Waals surface area contributed by atoms with Crippen LogP contribution in [0, 0.1) is 6.54 Å². The van der Waals surface area contributed by atoms with Crippen LogP contribution >= 0.6 is 18.8 Å². The molecule has 1 unspecified atom stereocenters. The molecule has 0 heterocycles. The number of hydrogen-bond donors (Lipinski definition) is 4. The second-order valence-electron chi connectivity index (χ2n) is 2.06. The Balaban J connectivity index is -0.000000153. The number of nitrogens with two attached hydrogens (primary N) is 4. The zero-order valence-corrected chi connectivity index (χ0v) is 11.8. The Morgan fingerprint density at radius 3 is 1.40 bits per heavy atom. The molecule has 0 aliphatic carbocycles. The van der Waals surface area contributed by atoms with E-state index in [2.05, 4.69) is 0 Å². The Hall–Kier alpha value is 0.968. The van der Waals surface area contributed by atoms with Crippen molar-refractivity contribution in [1.29, 1.82) is 0 Å². The van der Waals surface area contributed by atoms with Gasteiger partial charge in [0.1, 0.15) is 6.17 Å². The van der Waals surface area contributed by atoms with Gasteiger partial charge in [-0.1, -0.05) is 0 Å². The van der Waals surface area contributed by atoms with Crippen LogP contribution in [0.25, 0.3) is 0 Å². The standard InChI is InChI=1S/C3H9FN2.C3H8FN2.2ClH.Pt/c2*4-3(1-5)2-6;;;/h3H,1-2,5-6H2;1,3H,2,5-6H2;2*1H;/q;-1;;;+2/p-2. The van der Waals surface area contributed by atoms with Crippen molar-refractivity contribution in [2.75, 3.05) is 19.6 Å². The van der Waals surface area contributed by atoms with Crippen molar-refractivity contribution >= 4 is 18.8 Å². The Labute approximate surface area is 105 Å². The minimum atomic E-state index is -1.13. The van der Waals surface area contributed by atoms with Crippen molar-refractivity contribution in [3.8, 4) is 0 Å². The van der Waals surface area contributed by atoms with Crippen LogP contribution in [0.4, 0.5) is 8.78 Å². The van der Waals surface area contributed by atoms with Crippen molar-refractivity contribution in [2.45, 2.75) is 12.3 Å². The van der Waals surface area contributed by atoms with Crippen LogP contribution in [0.15, 0.2) is 0 Å². The molecule has 0 rings (SSSR count). The maximum absolute atomic E-state index is 11.6. The molecule has 0 saturated heterocycles. The predicted molar refractivity (Wildman–Crippen MR) is 57.1 cm³/mol. The number of hydrogen-bond acceptors (Lipinski definition) is 4. The van der Waals surface area contributed by atoms with E-state index in [1.165, 1.54) is 0 Å². The van der Waals surface area contributed by atoms with Gasteiger partial charge in [-0.15, -0.1) is 0 Å². The molecule has 0 fully saturated rings. The number of halogens is 4. The second kappa shape index (κ2) is 20.4. The summed E-state index contributed by atoms with van der Waals surface area (Å²) >= 11 is -0.472. The average Bonchev–Trinajstić information content (AvgIpc) is 2.28. The quantitative estimate of drug-likeness (QED) is 0.455. The summed E-state index contributed by atoms with van der Waals surface area (Å²) in [7, 11) is 9.75. The van der Waals surface area contributed by atoms with Gasteiger partial charge in [0, 0.05) is 19.3 Å². The molecule has 100 valence electrons. The molecule has 0 aromatic heterocycles. The predicted octanol–water partition coefficient (Wildman–Crippen LogP) is 0.0221. The molecule has 9 heteroatoms. The van der Waals surface area contributed by atoms with Gasteiger partial charge in [0.2, 0.25) is 0 Å². The second-order valence-corrected chi connectivity index (χ2v) is 5.34. The molecule has 0 amide bonds. The first kappa shape index (κ1) is 21.3. The van der Waals surface area contributed by atoms with Crippen molar-refractivity contribution < 1.29 is 25.3 Å². The Morgan fingerprint density at radius 1 is 1.07 bits per heavy atom. The topological polar surface area (TPSA) is 104 Å². The molecule has 0 aliphatic rings. The summed E-state index contributed by atoms with van der Waals surface area (Å²) in [5.41, 5.74) is 19.2. The fourth-order valence-corrected chi connectivity index (χ4v) is 0.175. The molecule has 8 N–H and O–H groups in total. The molecule has 0 bridgehead atoms. The third-order valence-electron chi connectivity index (χ3n) is 0.945. The Bertz CT molecular complexity index is 89.2. The van der Waals surface area contributed by atoms with Crippen LogP contribution in [0.1, 0.15) is 0 Å². The fourth-order valence-electron chi connectivity index (χ4n) is 0.175. The molecule has 15 heavy (non-hydrogen) atoms. The summed E-state index contributed by atoms with van der Waals surface area (Å²) in [6.45, 7) is 0.990. The van der Waals surface area contributed by atoms with Gasteiger partial charge in [-0.05, 0) is 6.54 Å². The van der Waals surface area contributed by atoms with Crippen LogP contribution in [0.3, 0.4) is 0 Å². The maximum atomic E-state index is 11.6. The third kappa shape index (κ3) is 31.3. The average molecular weight is 449 g/mol. The molecule has 0 aromatic rings. The van der Waals surface area contributed by atoms with E-state index in [9.17, 15) is 8.78 Å². The first-order valence-corrected chi connectivity index (χ1v) is 9.42. The summed E-state index contributed by atoms with van der Waals surface area (Å²) in [5, 5.41) is 0. The normalized spacial score (nSPS) is 11.3. The molecular weight excluding hydrogens is 432 g/mol. The zero-order chi connectivity index (χ0) is 12.7. The first-order chi connectivity index (χ1) is 7.03. The van der Waals surface area contributed by atoms with Crippen LogP contribution in [0.2, 0.25) is 0 Å². The van der Waals surface area contributed by atoms with Gasteiger partial charge >= 0.3 is 35.3 Å². The molecule has 1 atom stereocenters. The van der Waals surface area contributed by atoms with Crippen LogP contribution in [0.5, 0.6) is 0 Å². The van der Waals surface area contributed by atoms with Gasteiger partial charge in [0.25, 0.3) is 0 Å². The molecule has 0 saturated carbocycles. The van der Waals surface area contributed by atoms with E-state index in [-0.39, 0.29) is 19.6 Å². The molecule has 0 radical (unpaired) electrons. The summed E-state index contributed by atoms with van der Waals surface area (Å²) in [4.78, 5) is 0. The Morgan fingerprint density at radius 2 is 1.40 bits per heavy atom. The van der Waals surface area contributed by atoms with Crippen molar-refractivity contribution in [1.82, 2.24) is 0 Å². The van der Waals surface area contributed by atoms with Crippen LogP contribution in [-0.2, 0) is 16.5 Å². The van der Waals surface area contributed by atoms with E-state index in [0.29, 0.717) is 0 Å². The van der Waals surface area contributed by atoms with Gasteiger partial charge in [-0.2, -0.15) is 0 Å². The van der Waals surface area contributed by atoms with E-state index in [4.69, 9.17) is 41.8 Å². The van der Waals surface area contributed by atoms with E-state index in [0.717, 1.165) is 6.54 Å². The van der Waals surface area contributed by atoms with E-state index in [1.807, 2.05) is 0 Å². The molecular formula is C6H17Cl2F2N4Pt-. The third-order valence-corrected chi connectivity index (χ3v) is 0.945. The summed E-state index contributed by atoms with van der Waals surface area (Å²) in [5.74, 6) is 0. The van der Waals surface area contributed by atoms with Gasteiger partial charge in [-0.25, -0.2) is 10.9 Å².